The number of rotatable bonds is 6. The number of piperidine rings is 1. The number of nitrogens with one attached hydrogen (secondary N) is 1. The van der Waals surface area contributed by atoms with Gasteiger partial charge in [-0.25, -0.2) is 14.5 Å². The molecule has 0 atom stereocenters. The first-order valence-electron chi connectivity index (χ1n) is 10.6. The number of aromatic nitrogens is 1. The van der Waals surface area contributed by atoms with Crippen LogP contribution in [-0.2, 0) is 9.47 Å². The number of amides is 3. The Balaban J connectivity index is 2.05. The number of anilines is 1. The number of ether oxygens (including phenoxy) is 2. The number of likely N-dealkylation sites (tertiary alicyclic amines) is 1. The van der Waals surface area contributed by atoms with Crippen molar-refractivity contribution >= 4 is 24.0 Å². The van der Waals surface area contributed by atoms with E-state index in [1.807, 2.05) is 20.8 Å². The Kier molecular flexibility index (Phi) is 7.91. The zero-order chi connectivity index (χ0) is 23.2. The van der Waals surface area contributed by atoms with Crippen molar-refractivity contribution in [2.24, 2.45) is 5.41 Å². The highest BCUT2D eigenvalue weighted by molar-refractivity contribution is 5.94. The molecule has 3 amide bonds. The third-order valence-electron chi connectivity index (χ3n) is 5.71. The van der Waals surface area contributed by atoms with Crippen LogP contribution in [0.25, 0.3) is 0 Å². The number of hydrogen-bond acceptors (Lipinski definition) is 7. The van der Waals surface area contributed by atoms with Gasteiger partial charge in [0.15, 0.2) is 5.69 Å². The van der Waals surface area contributed by atoms with Crippen molar-refractivity contribution < 1.29 is 28.4 Å². The van der Waals surface area contributed by atoms with E-state index in [4.69, 9.17) is 14.0 Å². The number of carbonyl (C=O) groups excluding carboxylic acids is 3. The molecule has 10 heteroatoms. The van der Waals surface area contributed by atoms with Crippen LogP contribution in [0, 0.1) is 5.41 Å². The average Bonchev–Trinajstić information content (AvgIpc) is 3.22. The molecular formula is C21H34N4O6. The van der Waals surface area contributed by atoms with Gasteiger partial charge in [-0.05, 0) is 45.4 Å². The molecule has 0 bridgehead atoms. The van der Waals surface area contributed by atoms with Gasteiger partial charge in [-0.1, -0.05) is 18.5 Å². The molecule has 0 spiro atoms. The molecule has 2 heterocycles. The van der Waals surface area contributed by atoms with Crippen molar-refractivity contribution in [3.8, 4) is 0 Å². The molecule has 0 aliphatic carbocycles. The van der Waals surface area contributed by atoms with Crippen LogP contribution < -0.4 is 10.2 Å². The Morgan fingerprint density at radius 1 is 1.29 bits per heavy atom. The summed E-state index contributed by atoms with van der Waals surface area (Å²) in [7, 11) is 2.78. The highest BCUT2D eigenvalue weighted by Crippen LogP contribution is 2.39. The Labute approximate surface area is 183 Å². The minimum atomic E-state index is -0.586. The van der Waals surface area contributed by atoms with E-state index >= 15 is 0 Å². The molecule has 1 aromatic rings. The summed E-state index contributed by atoms with van der Waals surface area (Å²) in [5.74, 6) is -0.248. The molecular weight excluding hydrogens is 404 g/mol. The Morgan fingerprint density at radius 3 is 2.45 bits per heavy atom. The molecule has 174 valence electrons. The highest BCUT2D eigenvalue weighted by atomic mass is 16.6. The summed E-state index contributed by atoms with van der Waals surface area (Å²) in [5.41, 5.74) is -0.474. The van der Waals surface area contributed by atoms with Crippen molar-refractivity contribution in [2.45, 2.75) is 59.0 Å². The molecule has 1 N–H and O–H groups in total. The molecule has 1 aromatic heterocycles. The first-order valence-corrected chi connectivity index (χ1v) is 10.6. The largest absolute Gasteiger partial charge is 0.452 e. The molecule has 1 aliphatic rings. The molecule has 0 aromatic carbocycles. The molecule has 1 aliphatic heterocycles. The van der Waals surface area contributed by atoms with Gasteiger partial charge in [-0.15, -0.1) is 0 Å². The lowest BCUT2D eigenvalue weighted by atomic mass is 9.73. The summed E-state index contributed by atoms with van der Waals surface area (Å²) < 4.78 is 15.6. The van der Waals surface area contributed by atoms with E-state index < -0.39 is 17.6 Å². The van der Waals surface area contributed by atoms with Crippen molar-refractivity contribution in [1.29, 1.82) is 0 Å². The molecule has 0 saturated carbocycles. The molecule has 31 heavy (non-hydrogen) atoms. The lowest BCUT2D eigenvalue weighted by Gasteiger charge is -2.42. The van der Waals surface area contributed by atoms with E-state index in [0.29, 0.717) is 26.1 Å². The van der Waals surface area contributed by atoms with Crippen molar-refractivity contribution in [2.75, 3.05) is 38.7 Å². The molecule has 0 radical (unpaired) electrons. The molecule has 1 fully saturated rings. The fourth-order valence-electron chi connectivity index (χ4n) is 3.65. The van der Waals surface area contributed by atoms with Gasteiger partial charge in [-0.3, -0.25) is 4.79 Å². The molecule has 0 unspecified atom stereocenters. The van der Waals surface area contributed by atoms with Crippen molar-refractivity contribution in [3.63, 3.8) is 0 Å². The van der Waals surface area contributed by atoms with E-state index in [1.165, 1.54) is 25.1 Å². The average molecular weight is 439 g/mol. The van der Waals surface area contributed by atoms with Crippen LogP contribution in [0.2, 0.25) is 0 Å². The Bertz CT molecular complexity index is 777. The van der Waals surface area contributed by atoms with Crippen molar-refractivity contribution in [1.82, 2.24) is 15.4 Å². The van der Waals surface area contributed by atoms with E-state index in [1.54, 1.807) is 4.90 Å². The van der Waals surface area contributed by atoms with Crippen LogP contribution in [0.3, 0.4) is 0 Å². The quantitative estimate of drug-likeness (QED) is 0.724. The van der Waals surface area contributed by atoms with E-state index in [0.717, 1.165) is 19.3 Å². The van der Waals surface area contributed by atoms with Gasteiger partial charge in [0.1, 0.15) is 5.60 Å². The summed E-state index contributed by atoms with van der Waals surface area (Å²) in [6, 6.07) is 1.42. The highest BCUT2D eigenvalue weighted by Gasteiger charge is 2.37. The van der Waals surface area contributed by atoms with Crippen LogP contribution in [0.15, 0.2) is 10.6 Å². The van der Waals surface area contributed by atoms with E-state index in [9.17, 15) is 14.4 Å². The number of nitrogens with zero attached hydrogens (tertiary/aromatic N) is 3. The predicted octanol–water partition coefficient (Wildman–Crippen LogP) is 3.42. The van der Waals surface area contributed by atoms with E-state index in [2.05, 4.69) is 17.4 Å². The molecule has 2 rings (SSSR count). The molecule has 10 nitrogen and oxygen atoms in total. The fraction of sp³-hybridized carbons (Fsp3) is 0.714. The first-order chi connectivity index (χ1) is 14.5. The lowest BCUT2D eigenvalue weighted by molar-refractivity contribution is 0.00856. The Hall–Kier alpha value is -2.78. The lowest BCUT2D eigenvalue weighted by Crippen LogP contribution is -2.46. The normalized spacial score (nSPS) is 15.9. The third-order valence-corrected chi connectivity index (χ3v) is 5.71. The minimum Gasteiger partial charge on any atom is -0.452 e. The first kappa shape index (κ1) is 24.5. The fourth-order valence-corrected chi connectivity index (χ4v) is 3.65. The van der Waals surface area contributed by atoms with Gasteiger partial charge in [0.25, 0.3) is 5.91 Å². The summed E-state index contributed by atoms with van der Waals surface area (Å²) in [6.07, 6.45) is 2.32. The standard InChI is InChI=1S/C21H34N4O6/c1-7-21(8-11-24(12-9-21)18(27)30-20(2,3)4)10-13-25(19(28)29-6)16-14-15(23-31-16)17(26)22-5/h14H,7-13H2,1-6H3,(H,22,26). The van der Waals surface area contributed by atoms with Crippen LogP contribution in [0.4, 0.5) is 15.5 Å². The number of carbonyl (C=O) groups is 3. The van der Waals surface area contributed by atoms with Gasteiger partial charge in [0.2, 0.25) is 5.88 Å². The van der Waals surface area contributed by atoms with Gasteiger partial charge in [0, 0.05) is 32.7 Å². The van der Waals surface area contributed by atoms with Crippen LogP contribution in [0.1, 0.15) is 63.9 Å². The maximum atomic E-state index is 12.4. The topological polar surface area (TPSA) is 114 Å². The maximum absolute atomic E-state index is 12.4. The third kappa shape index (κ3) is 6.35. The zero-order valence-electron chi connectivity index (χ0n) is 19.3. The van der Waals surface area contributed by atoms with Gasteiger partial charge in [-0.2, -0.15) is 0 Å². The zero-order valence-corrected chi connectivity index (χ0v) is 19.3. The maximum Gasteiger partial charge on any atom is 0.416 e. The second-order valence-electron chi connectivity index (χ2n) is 8.82. The van der Waals surface area contributed by atoms with Gasteiger partial charge < -0.3 is 24.2 Å². The van der Waals surface area contributed by atoms with Crippen LogP contribution in [0.5, 0.6) is 0 Å². The smallest absolute Gasteiger partial charge is 0.416 e. The number of methoxy groups -OCH3 is 1. The predicted molar refractivity (Wildman–Crippen MR) is 114 cm³/mol. The monoisotopic (exact) mass is 438 g/mol. The van der Waals surface area contributed by atoms with Crippen molar-refractivity contribution in [3.05, 3.63) is 11.8 Å². The second-order valence-corrected chi connectivity index (χ2v) is 8.82. The van der Waals surface area contributed by atoms with E-state index in [-0.39, 0.29) is 23.1 Å². The summed E-state index contributed by atoms with van der Waals surface area (Å²) in [4.78, 5) is 39.5. The van der Waals surface area contributed by atoms with Crippen LogP contribution in [-0.4, -0.2) is 67.5 Å². The Morgan fingerprint density at radius 2 is 1.94 bits per heavy atom. The van der Waals surface area contributed by atoms with Crippen LogP contribution >= 0.6 is 0 Å². The molecule has 1 saturated heterocycles. The van der Waals surface area contributed by atoms with Gasteiger partial charge in [0.05, 0.1) is 7.11 Å². The minimum absolute atomic E-state index is 0.0333. The summed E-state index contributed by atoms with van der Waals surface area (Å²) in [5, 5.41) is 6.19. The SMILES string of the molecule is CCC1(CCN(C(=O)OC)c2cc(C(=O)NC)no2)CCN(C(=O)OC(C)(C)C)CC1. The summed E-state index contributed by atoms with van der Waals surface area (Å²) >= 11 is 0. The second kappa shape index (κ2) is 10.0. The summed E-state index contributed by atoms with van der Waals surface area (Å²) in [6.45, 7) is 9.22. The van der Waals surface area contributed by atoms with Gasteiger partial charge >= 0.3 is 12.2 Å². The number of hydrogen-bond donors (Lipinski definition) is 1.